The van der Waals surface area contributed by atoms with Gasteiger partial charge in [0.05, 0.1) is 10.8 Å². The van der Waals surface area contributed by atoms with Crippen molar-refractivity contribution in [1.29, 1.82) is 0 Å². The molecule has 1 amide bonds. The van der Waals surface area contributed by atoms with E-state index in [9.17, 15) is 13.2 Å². The van der Waals surface area contributed by atoms with E-state index in [-0.39, 0.29) is 41.7 Å². The Bertz CT molecular complexity index is 695. The second-order valence-electron chi connectivity index (χ2n) is 7.10. The summed E-state index contributed by atoms with van der Waals surface area (Å²) in [5, 5.41) is 3.01. The van der Waals surface area contributed by atoms with Crippen molar-refractivity contribution in [2.75, 3.05) is 19.6 Å². The van der Waals surface area contributed by atoms with Crippen molar-refractivity contribution in [1.82, 2.24) is 9.62 Å². The van der Waals surface area contributed by atoms with Gasteiger partial charge in [0, 0.05) is 25.7 Å². The molecule has 2 atom stereocenters. The number of hydrogen-bond acceptors (Lipinski definition) is 4. The molecule has 1 saturated heterocycles. The summed E-state index contributed by atoms with van der Waals surface area (Å²) < 4.78 is 27.2. The lowest BCUT2D eigenvalue weighted by molar-refractivity contribution is -0.126. The summed E-state index contributed by atoms with van der Waals surface area (Å²) in [5.41, 5.74) is 6.77. The van der Waals surface area contributed by atoms with Gasteiger partial charge in [-0.15, -0.1) is 12.4 Å². The number of hydrogen-bond donors (Lipinski definition) is 2. The van der Waals surface area contributed by atoms with Crippen LogP contribution in [0.2, 0.25) is 0 Å². The molecule has 6 nitrogen and oxygen atoms in total. The standard InChI is InChI=1S/C19H31N3O3S.ClH/c1-3-4-7-17(13-20)21-19(23)16-6-5-12-22(14-16)26(24,25)18-10-8-15(2)9-11-18;/h8-11,16-17H,3-7,12-14,20H2,1-2H3,(H,21,23);1H. The zero-order chi connectivity index (χ0) is 19.2. The van der Waals surface area contributed by atoms with Gasteiger partial charge in [-0.05, 0) is 38.3 Å². The number of halogens is 1. The molecule has 1 aliphatic heterocycles. The van der Waals surface area contributed by atoms with Gasteiger partial charge in [-0.3, -0.25) is 4.79 Å². The van der Waals surface area contributed by atoms with Crippen molar-refractivity contribution in [3.63, 3.8) is 0 Å². The Hall–Kier alpha value is -1.15. The SMILES string of the molecule is CCCCC(CN)NC(=O)C1CCCN(S(=O)(=O)c2ccc(C)cc2)C1.Cl. The van der Waals surface area contributed by atoms with Crippen molar-refractivity contribution >= 4 is 28.3 Å². The molecule has 0 aliphatic carbocycles. The minimum Gasteiger partial charge on any atom is -0.352 e. The van der Waals surface area contributed by atoms with Crippen LogP contribution in [0.1, 0.15) is 44.6 Å². The number of piperidine rings is 1. The summed E-state index contributed by atoms with van der Waals surface area (Å²) in [7, 11) is -3.56. The first-order valence-corrected chi connectivity index (χ1v) is 10.9. The summed E-state index contributed by atoms with van der Waals surface area (Å²) >= 11 is 0. The number of benzene rings is 1. The van der Waals surface area contributed by atoms with E-state index in [2.05, 4.69) is 12.2 Å². The summed E-state index contributed by atoms with van der Waals surface area (Å²) in [6, 6.07) is 6.81. The Labute approximate surface area is 169 Å². The van der Waals surface area contributed by atoms with E-state index in [1.165, 1.54) is 4.31 Å². The number of rotatable bonds is 8. The van der Waals surface area contributed by atoms with E-state index in [0.29, 0.717) is 25.9 Å². The predicted octanol–water partition coefficient (Wildman–Crippen LogP) is 2.45. The van der Waals surface area contributed by atoms with E-state index in [1.807, 2.05) is 6.92 Å². The molecule has 1 aromatic carbocycles. The molecule has 0 radical (unpaired) electrons. The third-order valence-corrected chi connectivity index (χ3v) is 6.83. The maximum Gasteiger partial charge on any atom is 0.243 e. The molecule has 0 bridgehead atoms. The maximum absolute atomic E-state index is 12.9. The smallest absolute Gasteiger partial charge is 0.243 e. The van der Waals surface area contributed by atoms with Gasteiger partial charge in [0.15, 0.2) is 0 Å². The average molecular weight is 418 g/mol. The Morgan fingerprint density at radius 3 is 2.59 bits per heavy atom. The molecule has 154 valence electrons. The van der Waals surface area contributed by atoms with Crippen molar-refractivity contribution in [3.8, 4) is 0 Å². The number of unbranched alkanes of at least 4 members (excludes halogenated alkanes) is 1. The highest BCUT2D eigenvalue weighted by atomic mass is 35.5. The molecule has 1 aliphatic rings. The molecular weight excluding hydrogens is 386 g/mol. The lowest BCUT2D eigenvalue weighted by Crippen LogP contribution is -2.49. The lowest BCUT2D eigenvalue weighted by Gasteiger charge is -2.32. The van der Waals surface area contributed by atoms with Gasteiger partial charge in [-0.25, -0.2) is 8.42 Å². The van der Waals surface area contributed by atoms with Gasteiger partial charge in [0.25, 0.3) is 0 Å². The first kappa shape index (κ1) is 23.9. The van der Waals surface area contributed by atoms with E-state index >= 15 is 0 Å². The molecule has 1 aromatic rings. The number of amides is 1. The fourth-order valence-corrected chi connectivity index (χ4v) is 4.78. The summed E-state index contributed by atoms with van der Waals surface area (Å²) in [6.45, 7) is 5.11. The number of aryl methyl sites for hydroxylation is 1. The normalized spacial score (nSPS) is 19.1. The number of carbonyl (C=O) groups excluding carboxylic acids is 1. The molecule has 0 aromatic heterocycles. The van der Waals surface area contributed by atoms with E-state index < -0.39 is 10.0 Å². The van der Waals surface area contributed by atoms with Crippen LogP contribution in [0.5, 0.6) is 0 Å². The molecule has 1 fully saturated rings. The highest BCUT2D eigenvalue weighted by Crippen LogP contribution is 2.24. The number of nitrogens with zero attached hydrogens (tertiary/aromatic N) is 1. The Balaban J connectivity index is 0.00000364. The van der Waals surface area contributed by atoms with Crippen LogP contribution in [-0.4, -0.2) is 44.3 Å². The summed E-state index contributed by atoms with van der Waals surface area (Å²) in [4.78, 5) is 12.9. The molecule has 3 N–H and O–H groups in total. The Morgan fingerprint density at radius 1 is 1.33 bits per heavy atom. The van der Waals surface area contributed by atoms with Crippen molar-refractivity contribution in [2.45, 2.75) is 56.9 Å². The van der Waals surface area contributed by atoms with E-state index in [0.717, 1.165) is 24.8 Å². The fourth-order valence-electron chi connectivity index (χ4n) is 3.25. The Morgan fingerprint density at radius 2 is 2.00 bits per heavy atom. The topological polar surface area (TPSA) is 92.5 Å². The number of nitrogens with one attached hydrogen (secondary N) is 1. The van der Waals surface area contributed by atoms with Crippen LogP contribution >= 0.6 is 12.4 Å². The number of carbonyl (C=O) groups is 1. The van der Waals surface area contributed by atoms with Crippen LogP contribution in [0, 0.1) is 12.8 Å². The van der Waals surface area contributed by atoms with E-state index in [1.54, 1.807) is 24.3 Å². The number of nitrogens with two attached hydrogens (primary N) is 1. The highest BCUT2D eigenvalue weighted by molar-refractivity contribution is 7.89. The molecule has 0 spiro atoms. The third kappa shape index (κ3) is 6.45. The van der Waals surface area contributed by atoms with Gasteiger partial charge >= 0.3 is 0 Å². The molecule has 2 rings (SSSR count). The lowest BCUT2D eigenvalue weighted by atomic mass is 9.98. The first-order chi connectivity index (χ1) is 12.4. The largest absolute Gasteiger partial charge is 0.352 e. The van der Waals surface area contributed by atoms with Crippen LogP contribution in [0.15, 0.2) is 29.2 Å². The van der Waals surface area contributed by atoms with Crippen LogP contribution in [-0.2, 0) is 14.8 Å². The zero-order valence-electron chi connectivity index (χ0n) is 16.2. The molecule has 8 heteroatoms. The molecule has 2 unspecified atom stereocenters. The van der Waals surface area contributed by atoms with Gasteiger partial charge < -0.3 is 11.1 Å². The van der Waals surface area contributed by atoms with Gasteiger partial charge in [0.2, 0.25) is 15.9 Å². The minimum absolute atomic E-state index is 0. The van der Waals surface area contributed by atoms with Crippen molar-refractivity contribution in [2.24, 2.45) is 11.7 Å². The second kappa shape index (κ2) is 11.0. The predicted molar refractivity (Wildman–Crippen MR) is 110 cm³/mol. The molecule has 27 heavy (non-hydrogen) atoms. The van der Waals surface area contributed by atoms with E-state index in [4.69, 9.17) is 5.73 Å². The monoisotopic (exact) mass is 417 g/mol. The van der Waals surface area contributed by atoms with Gasteiger partial charge in [-0.1, -0.05) is 37.5 Å². The van der Waals surface area contributed by atoms with Crippen LogP contribution in [0.3, 0.4) is 0 Å². The van der Waals surface area contributed by atoms with Gasteiger partial charge in [-0.2, -0.15) is 4.31 Å². The molecule has 0 saturated carbocycles. The van der Waals surface area contributed by atoms with Crippen LogP contribution < -0.4 is 11.1 Å². The second-order valence-corrected chi connectivity index (χ2v) is 9.04. The Kier molecular flexibility index (Phi) is 9.73. The minimum atomic E-state index is -3.56. The summed E-state index contributed by atoms with van der Waals surface area (Å²) in [5.74, 6) is -0.403. The molecular formula is C19H32ClN3O3S. The third-order valence-electron chi connectivity index (χ3n) is 4.95. The van der Waals surface area contributed by atoms with Crippen LogP contribution in [0.25, 0.3) is 0 Å². The first-order valence-electron chi connectivity index (χ1n) is 9.45. The average Bonchev–Trinajstić information content (AvgIpc) is 2.65. The van der Waals surface area contributed by atoms with Crippen molar-refractivity contribution in [3.05, 3.63) is 29.8 Å². The zero-order valence-corrected chi connectivity index (χ0v) is 17.8. The van der Waals surface area contributed by atoms with Crippen molar-refractivity contribution < 1.29 is 13.2 Å². The molecule has 1 heterocycles. The summed E-state index contributed by atoms with van der Waals surface area (Å²) in [6.07, 6.45) is 4.32. The number of sulfonamides is 1. The fraction of sp³-hybridized carbons (Fsp3) is 0.632. The van der Waals surface area contributed by atoms with Gasteiger partial charge in [0.1, 0.15) is 0 Å². The maximum atomic E-state index is 12.9. The van der Waals surface area contributed by atoms with Crippen LogP contribution in [0.4, 0.5) is 0 Å². The highest BCUT2D eigenvalue weighted by Gasteiger charge is 2.33. The quantitative estimate of drug-likeness (QED) is 0.679.